The van der Waals surface area contributed by atoms with E-state index in [4.69, 9.17) is 0 Å². The molecule has 0 radical (unpaired) electrons. The maximum atomic E-state index is 13.6. The summed E-state index contributed by atoms with van der Waals surface area (Å²) in [5, 5.41) is 3.60. The minimum Gasteiger partial charge on any atom is -0.314 e. The molecule has 2 aliphatic rings. The topological polar surface area (TPSA) is 15.3 Å². The molecule has 1 spiro atoms. The van der Waals surface area contributed by atoms with E-state index in [1.807, 2.05) is 6.07 Å². The van der Waals surface area contributed by atoms with E-state index in [2.05, 4.69) is 23.2 Å². The lowest BCUT2D eigenvalue weighted by atomic mass is 9.77. The minimum absolute atomic E-state index is 0.112. The third-order valence-corrected chi connectivity index (χ3v) is 5.37. The summed E-state index contributed by atoms with van der Waals surface area (Å²) >= 11 is 0. The molecule has 1 saturated heterocycles. The molecular weight excluding hydrogens is 263 g/mol. The molecule has 0 amide bonds. The predicted octanol–water partition coefficient (Wildman–Crippen LogP) is 3.88. The van der Waals surface area contributed by atoms with Crippen LogP contribution in [0, 0.1) is 5.82 Å². The second-order valence-electron chi connectivity index (χ2n) is 6.63. The Hall–Kier alpha value is -0.930. The van der Waals surface area contributed by atoms with Crippen molar-refractivity contribution in [2.24, 2.45) is 0 Å². The Bertz CT molecular complexity index is 460. The van der Waals surface area contributed by atoms with Crippen molar-refractivity contribution in [3.05, 3.63) is 35.6 Å². The van der Waals surface area contributed by atoms with E-state index in [0.29, 0.717) is 11.6 Å². The van der Waals surface area contributed by atoms with Crippen LogP contribution in [0.3, 0.4) is 0 Å². The molecule has 3 rings (SSSR count). The van der Waals surface area contributed by atoms with Gasteiger partial charge in [0.15, 0.2) is 0 Å². The first kappa shape index (κ1) is 15.0. The number of piperazine rings is 1. The van der Waals surface area contributed by atoms with Crippen molar-refractivity contribution in [1.29, 1.82) is 0 Å². The summed E-state index contributed by atoms with van der Waals surface area (Å²) in [7, 11) is 0. The van der Waals surface area contributed by atoms with Crippen molar-refractivity contribution in [3.8, 4) is 0 Å². The summed E-state index contributed by atoms with van der Waals surface area (Å²) in [6, 6.07) is 7.57. The summed E-state index contributed by atoms with van der Waals surface area (Å²) in [6.07, 6.45) is 7.64. The Balaban J connectivity index is 1.90. The molecule has 0 bridgehead atoms. The molecule has 1 aromatic rings. The number of benzene rings is 1. The molecule has 1 N–H and O–H groups in total. The molecule has 1 aromatic carbocycles. The van der Waals surface area contributed by atoms with E-state index >= 15 is 0 Å². The minimum atomic E-state index is -0.112. The van der Waals surface area contributed by atoms with Crippen LogP contribution in [0.4, 0.5) is 4.39 Å². The number of rotatable bonds is 3. The first-order chi connectivity index (χ1) is 10.2. The van der Waals surface area contributed by atoms with Gasteiger partial charge in [-0.25, -0.2) is 4.39 Å². The molecule has 1 aliphatic carbocycles. The molecule has 1 saturated carbocycles. The maximum absolute atomic E-state index is 13.6. The fraction of sp³-hybridized carbons (Fsp3) is 0.667. The second-order valence-corrected chi connectivity index (χ2v) is 6.63. The summed E-state index contributed by atoms with van der Waals surface area (Å²) in [5.74, 6) is -0.112. The van der Waals surface area contributed by atoms with Gasteiger partial charge in [0.05, 0.1) is 0 Å². The van der Waals surface area contributed by atoms with E-state index in [1.165, 1.54) is 32.1 Å². The van der Waals surface area contributed by atoms with Crippen molar-refractivity contribution < 1.29 is 4.39 Å². The van der Waals surface area contributed by atoms with Gasteiger partial charge in [-0.1, -0.05) is 38.3 Å². The van der Waals surface area contributed by atoms with Crippen LogP contribution in [0.25, 0.3) is 0 Å². The van der Waals surface area contributed by atoms with E-state index in [0.717, 1.165) is 31.6 Å². The van der Waals surface area contributed by atoms with Crippen molar-refractivity contribution in [2.45, 2.75) is 57.0 Å². The Labute approximate surface area is 127 Å². The van der Waals surface area contributed by atoms with E-state index in [1.54, 1.807) is 12.1 Å². The Kier molecular flexibility index (Phi) is 4.60. The lowest BCUT2D eigenvalue weighted by Crippen LogP contribution is -2.62. The van der Waals surface area contributed by atoms with Crippen LogP contribution in [0.2, 0.25) is 0 Å². The Morgan fingerprint density at radius 3 is 2.81 bits per heavy atom. The fourth-order valence-electron chi connectivity index (χ4n) is 4.37. The third-order valence-electron chi connectivity index (χ3n) is 5.37. The van der Waals surface area contributed by atoms with E-state index in [-0.39, 0.29) is 5.82 Å². The van der Waals surface area contributed by atoms with Crippen LogP contribution in [0.1, 0.15) is 57.1 Å². The van der Waals surface area contributed by atoms with Gasteiger partial charge in [0.25, 0.3) is 0 Å². The quantitative estimate of drug-likeness (QED) is 0.908. The van der Waals surface area contributed by atoms with E-state index < -0.39 is 0 Å². The molecular formula is C18H27FN2. The zero-order chi connectivity index (χ0) is 14.7. The van der Waals surface area contributed by atoms with Crippen LogP contribution < -0.4 is 5.32 Å². The number of nitrogens with zero attached hydrogens (tertiary/aromatic N) is 1. The number of halogens is 1. The predicted molar refractivity (Wildman–Crippen MR) is 84.8 cm³/mol. The Morgan fingerprint density at radius 2 is 2.10 bits per heavy atom. The SMILES string of the molecule is CCC(c1cccc(F)c1)N1CCNCC12CCCCC2. The summed E-state index contributed by atoms with van der Waals surface area (Å²) in [4.78, 5) is 2.69. The average molecular weight is 290 g/mol. The zero-order valence-electron chi connectivity index (χ0n) is 13.1. The second kappa shape index (κ2) is 6.45. The van der Waals surface area contributed by atoms with Gasteiger partial charge in [-0.2, -0.15) is 0 Å². The number of nitrogens with one attached hydrogen (secondary N) is 1. The first-order valence-electron chi connectivity index (χ1n) is 8.48. The molecule has 1 heterocycles. The average Bonchev–Trinajstić information content (AvgIpc) is 2.51. The van der Waals surface area contributed by atoms with Crippen LogP contribution >= 0.6 is 0 Å². The monoisotopic (exact) mass is 290 g/mol. The molecule has 2 fully saturated rings. The molecule has 1 aliphatic heterocycles. The lowest BCUT2D eigenvalue weighted by Gasteiger charge is -2.53. The van der Waals surface area contributed by atoms with Crippen molar-refractivity contribution in [2.75, 3.05) is 19.6 Å². The standard InChI is InChI=1S/C18H27FN2/c1-2-17(15-7-6-8-16(19)13-15)21-12-11-20-14-18(21)9-4-3-5-10-18/h6-8,13,17,20H,2-5,9-12,14H2,1H3. The van der Waals surface area contributed by atoms with Crippen LogP contribution in [-0.4, -0.2) is 30.1 Å². The van der Waals surface area contributed by atoms with E-state index in [9.17, 15) is 4.39 Å². The Morgan fingerprint density at radius 1 is 1.29 bits per heavy atom. The van der Waals surface area contributed by atoms with Gasteiger partial charge in [-0.05, 0) is 37.0 Å². The van der Waals surface area contributed by atoms with Crippen molar-refractivity contribution in [1.82, 2.24) is 10.2 Å². The first-order valence-corrected chi connectivity index (χ1v) is 8.48. The summed E-state index contributed by atoms with van der Waals surface area (Å²) in [6.45, 7) is 5.45. The largest absolute Gasteiger partial charge is 0.314 e. The maximum Gasteiger partial charge on any atom is 0.123 e. The van der Waals surface area contributed by atoms with Gasteiger partial charge in [-0.3, -0.25) is 4.90 Å². The smallest absolute Gasteiger partial charge is 0.123 e. The highest BCUT2D eigenvalue weighted by Gasteiger charge is 2.42. The normalized spacial score (nSPS) is 24.1. The van der Waals surface area contributed by atoms with Crippen LogP contribution in [0.15, 0.2) is 24.3 Å². The van der Waals surface area contributed by atoms with Gasteiger partial charge in [-0.15, -0.1) is 0 Å². The van der Waals surface area contributed by atoms with Gasteiger partial charge in [0, 0.05) is 31.2 Å². The van der Waals surface area contributed by atoms with Gasteiger partial charge >= 0.3 is 0 Å². The van der Waals surface area contributed by atoms with Crippen LogP contribution in [-0.2, 0) is 0 Å². The van der Waals surface area contributed by atoms with Crippen molar-refractivity contribution >= 4 is 0 Å². The lowest BCUT2D eigenvalue weighted by molar-refractivity contribution is -0.00984. The highest BCUT2D eigenvalue weighted by Crippen LogP contribution is 2.40. The molecule has 116 valence electrons. The summed E-state index contributed by atoms with van der Waals surface area (Å²) < 4.78 is 13.6. The van der Waals surface area contributed by atoms with Crippen molar-refractivity contribution in [3.63, 3.8) is 0 Å². The summed E-state index contributed by atoms with van der Waals surface area (Å²) in [5.41, 5.74) is 1.44. The van der Waals surface area contributed by atoms with Crippen LogP contribution in [0.5, 0.6) is 0 Å². The van der Waals surface area contributed by atoms with Gasteiger partial charge in [0.1, 0.15) is 5.82 Å². The molecule has 0 aromatic heterocycles. The zero-order valence-corrected chi connectivity index (χ0v) is 13.1. The molecule has 1 unspecified atom stereocenters. The number of hydrogen-bond donors (Lipinski definition) is 1. The highest BCUT2D eigenvalue weighted by atomic mass is 19.1. The van der Waals surface area contributed by atoms with Gasteiger partial charge < -0.3 is 5.32 Å². The molecule has 21 heavy (non-hydrogen) atoms. The molecule has 3 heteroatoms. The fourth-order valence-corrected chi connectivity index (χ4v) is 4.37. The molecule has 2 nitrogen and oxygen atoms in total. The van der Waals surface area contributed by atoms with Gasteiger partial charge in [0.2, 0.25) is 0 Å². The number of hydrogen-bond acceptors (Lipinski definition) is 2. The molecule has 1 atom stereocenters. The third kappa shape index (κ3) is 3.00. The highest BCUT2D eigenvalue weighted by molar-refractivity contribution is 5.21.